The molecular weight excluding hydrogens is 1310 g/mol. The van der Waals surface area contributed by atoms with E-state index in [1.54, 1.807) is 31.0 Å². The first-order chi connectivity index (χ1) is 50.1. The fourth-order valence-corrected chi connectivity index (χ4v) is 21.8. The molecule has 0 radical (unpaired) electrons. The van der Waals surface area contributed by atoms with Crippen LogP contribution in [0.1, 0.15) is 127 Å². The van der Waals surface area contributed by atoms with Crippen molar-refractivity contribution in [2.45, 2.75) is 129 Å². The van der Waals surface area contributed by atoms with Crippen LogP contribution in [0.15, 0.2) is 158 Å². The van der Waals surface area contributed by atoms with Gasteiger partial charge < -0.3 is 18.9 Å². The lowest BCUT2D eigenvalue weighted by Gasteiger charge is -2.30. The Morgan fingerprint density at radius 2 is 0.933 bits per heavy atom. The van der Waals surface area contributed by atoms with Crippen LogP contribution in [0.4, 0.5) is 5.69 Å². The standard InChI is InChI=1S/C15H19NO2.C15H13NO2.C15H16O2.C11H16O2.C11H14O2.C10H11NO2.C9H8O3/c2*17-14-12-9-6-7-10(8-9)13(12)15(18)16(14)11-4-2-1-3-5-11;16-15(12-4-2-1-3-5-12)17-10-14-9-11-6-7-13(14)8-11;1-8(12)13-7-11(2)6-9-3-4-10(11)5-9;1-7(2)11(12)13-10-6-8-3-4-9(10)5-8;1-11-9(12)7-5-2-3-6(4-5)8(7)10(11)13;10-8-6-4-1-2-5(3-4)7(6)9(11)12-8/h6-7,9-13H,1-5,8H2;1-7,9-10,12-13H,8H2;1-7,11,13-14H,8-10H2;3-4,9-10H,5-7H2,1-2H3;3-4,8-10H,1,5-6H2,2H3;2-3,5-8H,4H2,1H3;1-2,4-7H,3H2. The Hall–Kier alpha value is -8.67. The van der Waals surface area contributed by atoms with Gasteiger partial charge in [0.1, 0.15) is 6.10 Å². The highest BCUT2D eigenvalue weighted by Gasteiger charge is 2.63. The van der Waals surface area contributed by atoms with Crippen molar-refractivity contribution in [1.82, 2.24) is 9.80 Å². The maximum absolute atomic E-state index is 12.6. The number of allylic oxidation sites excluding steroid dienone is 13. The van der Waals surface area contributed by atoms with Gasteiger partial charge in [-0.1, -0.05) is 154 Å². The molecule has 0 spiro atoms. The van der Waals surface area contributed by atoms with Crippen molar-refractivity contribution >= 4 is 71.0 Å². The number of fused-ring (bicyclic) bond motifs is 26. The van der Waals surface area contributed by atoms with Gasteiger partial charge in [-0.05, 0) is 191 Å². The summed E-state index contributed by atoms with van der Waals surface area (Å²) in [7, 11) is 1.60. The van der Waals surface area contributed by atoms with Crippen molar-refractivity contribution in [1.29, 1.82) is 0 Å². The number of amides is 6. The number of rotatable bonds is 9. The molecule has 19 aliphatic rings. The van der Waals surface area contributed by atoms with Gasteiger partial charge in [0.05, 0.1) is 71.8 Å². The van der Waals surface area contributed by atoms with E-state index in [1.165, 1.54) is 61.7 Å². The molecule has 104 heavy (non-hydrogen) atoms. The average molecular weight is 1410 g/mol. The van der Waals surface area contributed by atoms with Gasteiger partial charge in [-0.2, -0.15) is 0 Å². The minimum Gasteiger partial charge on any atom is -0.465 e. The van der Waals surface area contributed by atoms with Crippen LogP contribution in [0.5, 0.6) is 0 Å². The molecule has 6 amide bonds. The predicted octanol–water partition coefficient (Wildman–Crippen LogP) is 12.3. The van der Waals surface area contributed by atoms with Crippen LogP contribution in [0, 0.1) is 142 Å². The second-order valence-electron chi connectivity index (χ2n) is 33.3. The molecule has 4 heterocycles. The molecule has 25 unspecified atom stereocenters. The number of esters is 5. The predicted molar refractivity (Wildman–Crippen MR) is 383 cm³/mol. The van der Waals surface area contributed by atoms with Gasteiger partial charge in [0.25, 0.3) is 0 Å². The van der Waals surface area contributed by atoms with E-state index in [1.807, 2.05) is 60.7 Å². The third kappa shape index (κ3) is 13.3. The number of likely N-dealkylation sites (tertiary alicyclic amines) is 2. The largest absolute Gasteiger partial charge is 0.465 e. The zero-order valence-electron chi connectivity index (χ0n) is 60.0. The van der Waals surface area contributed by atoms with Gasteiger partial charge in [-0.3, -0.25) is 57.9 Å². The number of carbonyl (C=O) groups excluding carboxylic acids is 11. The number of benzene rings is 2. The van der Waals surface area contributed by atoms with Crippen molar-refractivity contribution in [2.24, 2.45) is 142 Å². The van der Waals surface area contributed by atoms with Crippen LogP contribution in [0.3, 0.4) is 0 Å². The first kappa shape index (κ1) is 71.0. The van der Waals surface area contributed by atoms with Crippen molar-refractivity contribution < 1.29 is 71.7 Å². The number of nitrogens with zero attached hydrogens (tertiary/aromatic N) is 3. The molecule has 15 aliphatic carbocycles. The highest BCUT2D eigenvalue weighted by atomic mass is 16.6. The normalized spacial score (nSPS) is 39.5. The lowest BCUT2D eigenvalue weighted by atomic mass is 9.78. The van der Waals surface area contributed by atoms with Crippen LogP contribution < -0.4 is 4.90 Å². The molecule has 8 saturated carbocycles. The minimum absolute atomic E-state index is 0.00516. The molecular formula is C86H97N3O15. The number of cyclic esters (lactones) is 2. The summed E-state index contributed by atoms with van der Waals surface area (Å²) in [6.07, 6.45) is 47.3. The SMILES string of the molecule is C=C(C)C(=O)OC1CC2C=CC1C2.CC(=O)OCC1(C)CC2C=CC1C2.CN1C(=O)C2C3C=CC(C3)C2C1=O.O=C(OCC1CC2C=CC1C2)c1ccccc1.O=C1C2C3C=CC(C3)C2C(=O)N1C1CCCCC1.O=C1C2C3C=CC(C3)C2C(=O)N1c1ccccc1.O=C1OC(=O)C2C3C=CC(C3)C12. The Balaban J connectivity index is 0.0000000982. The number of hydrogen-bond donors (Lipinski definition) is 0. The molecule has 0 aromatic heterocycles. The second kappa shape index (κ2) is 29.0. The number of carbonyl (C=O) groups is 11. The molecule has 12 fully saturated rings. The fourth-order valence-electron chi connectivity index (χ4n) is 21.8. The summed E-state index contributed by atoms with van der Waals surface area (Å²) in [6, 6.07) is 18.7. The summed E-state index contributed by atoms with van der Waals surface area (Å²) in [5.41, 5.74) is 2.06. The van der Waals surface area contributed by atoms with Crippen LogP contribution >= 0.6 is 0 Å². The fraction of sp³-hybridized carbons (Fsp3) is 0.547. The van der Waals surface area contributed by atoms with Gasteiger partial charge in [0, 0.05) is 36.9 Å². The summed E-state index contributed by atoms with van der Waals surface area (Å²) < 4.78 is 20.4. The molecule has 2 aromatic carbocycles. The van der Waals surface area contributed by atoms with E-state index in [0.29, 0.717) is 83.3 Å². The average Bonchev–Trinajstić information content (AvgIpc) is 1.59. The monoisotopic (exact) mass is 1410 g/mol. The molecule has 21 rings (SSSR count). The number of hydrogen-bond acceptors (Lipinski definition) is 15. The van der Waals surface area contributed by atoms with Gasteiger partial charge >= 0.3 is 29.8 Å². The first-order valence-electron chi connectivity index (χ1n) is 38.5. The lowest BCUT2D eigenvalue weighted by Crippen LogP contribution is -2.42. The molecule has 0 N–H and O–H groups in total. The third-order valence-electron chi connectivity index (χ3n) is 26.9. The Morgan fingerprint density at radius 1 is 0.481 bits per heavy atom. The Kier molecular flexibility index (Phi) is 19.8. The molecule has 4 aliphatic heterocycles. The quantitative estimate of drug-likeness (QED) is 0.0567. The van der Waals surface area contributed by atoms with E-state index in [9.17, 15) is 52.7 Å². The number of imide groups is 3. The summed E-state index contributed by atoms with van der Waals surface area (Å²) >= 11 is 0. The summed E-state index contributed by atoms with van der Waals surface area (Å²) in [4.78, 5) is 134. The molecule has 14 bridgehead atoms. The zero-order chi connectivity index (χ0) is 72.6. The molecule has 18 heteroatoms. The van der Waals surface area contributed by atoms with Crippen LogP contribution in [-0.2, 0) is 66.9 Å². The van der Waals surface area contributed by atoms with Gasteiger partial charge in [0.15, 0.2) is 0 Å². The molecule has 4 saturated heterocycles. The molecule has 2 aromatic rings. The maximum atomic E-state index is 12.6. The first-order valence-corrected chi connectivity index (χ1v) is 38.5. The topological polar surface area (TPSA) is 234 Å². The maximum Gasteiger partial charge on any atom is 0.338 e. The molecule has 546 valence electrons. The van der Waals surface area contributed by atoms with Crippen LogP contribution in [0.2, 0.25) is 0 Å². The van der Waals surface area contributed by atoms with E-state index < -0.39 is 0 Å². The van der Waals surface area contributed by atoms with Crippen molar-refractivity contribution in [3.8, 4) is 0 Å². The van der Waals surface area contributed by atoms with Gasteiger partial charge in [-0.15, -0.1) is 0 Å². The highest BCUT2D eigenvalue weighted by molar-refractivity contribution is 6.23. The van der Waals surface area contributed by atoms with E-state index >= 15 is 0 Å². The van der Waals surface area contributed by atoms with Crippen molar-refractivity contribution in [3.63, 3.8) is 0 Å². The number of anilines is 1. The smallest absolute Gasteiger partial charge is 0.338 e. The number of ether oxygens (including phenoxy) is 4. The summed E-state index contributed by atoms with van der Waals surface area (Å²) in [5, 5.41) is 0. The zero-order valence-corrected chi connectivity index (χ0v) is 60.0. The summed E-state index contributed by atoms with van der Waals surface area (Å²) in [6.45, 7) is 10.1. The van der Waals surface area contributed by atoms with Crippen molar-refractivity contribution in [2.75, 3.05) is 25.2 Å². The summed E-state index contributed by atoms with van der Waals surface area (Å²) in [5.74, 6) is 5.51. The second-order valence-corrected chi connectivity index (χ2v) is 33.3. The van der Waals surface area contributed by atoms with Crippen LogP contribution in [-0.4, -0.2) is 107 Å². The minimum atomic E-state index is -0.304. The molecule has 25 atom stereocenters. The highest BCUT2D eigenvalue weighted by Crippen LogP contribution is 2.57. The lowest BCUT2D eigenvalue weighted by molar-refractivity contribution is -0.155. The third-order valence-corrected chi connectivity index (χ3v) is 26.9. The van der Waals surface area contributed by atoms with Crippen LogP contribution in [0.25, 0.3) is 0 Å². The molecule has 18 nitrogen and oxygen atoms in total. The van der Waals surface area contributed by atoms with E-state index in [2.05, 4.69) is 91.2 Å². The van der Waals surface area contributed by atoms with E-state index in [-0.39, 0.29) is 154 Å². The Labute approximate surface area is 608 Å². The Morgan fingerprint density at radius 3 is 1.37 bits per heavy atom. The van der Waals surface area contributed by atoms with Gasteiger partial charge in [0.2, 0.25) is 35.4 Å². The van der Waals surface area contributed by atoms with Crippen molar-refractivity contribution in [3.05, 3.63) is 163 Å². The van der Waals surface area contributed by atoms with E-state index in [0.717, 1.165) is 63.2 Å². The number of para-hydroxylation sites is 1. The van der Waals surface area contributed by atoms with Gasteiger partial charge in [-0.25, -0.2) is 9.59 Å². The Bertz CT molecular complexity index is 3910. The van der Waals surface area contributed by atoms with E-state index in [4.69, 9.17) is 14.2 Å².